The molecular formula is C29H39FN6O5Si. The number of rotatable bonds is 8. The van der Waals surface area contributed by atoms with E-state index in [1.165, 1.54) is 22.2 Å². The van der Waals surface area contributed by atoms with Gasteiger partial charge in [0.05, 0.1) is 18.9 Å². The number of halogens is 1. The molecule has 11 nitrogen and oxygen atoms in total. The topological polar surface area (TPSA) is 119 Å². The van der Waals surface area contributed by atoms with Crippen molar-refractivity contribution in [2.24, 2.45) is 0 Å². The number of amides is 2. The quantitative estimate of drug-likeness (QED) is 0.358. The molecule has 1 unspecified atom stereocenters. The van der Waals surface area contributed by atoms with Crippen LogP contribution in [0.25, 0.3) is 0 Å². The first kappa shape index (κ1) is 28.9. The van der Waals surface area contributed by atoms with Crippen molar-refractivity contribution >= 4 is 31.7 Å². The molecular weight excluding hydrogens is 559 g/mol. The van der Waals surface area contributed by atoms with Gasteiger partial charge in [0.15, 0.2) is 12.4 Å². The molecule has 2 aromatic heterocycles. The van der Waals surface area contributed by atoms with Crippen LogP contribution in [0.4, 0.5) is 20.8 Å². The standard InChI is InChI=1S/C29H39FN6O5Si/c1-18-21-11-20(12-22(21)23(30)13-31-18)33-19-5-7-29(8-6-19)16-35(28(38)41-29)24-14-32-27-26(34-24)36(25(37)15-40-27)17-39-9-10-42(2,3)4/h13-14,19-20,33H,5-12,15-17H2,1-4H3/t19-,20?,29-. The van der Waals surface area contributed by atoms with E-state index in [0.29, 0.717) is 38.2 Å². The second-order valence-corrected chi connectivity index (χ2v) is 18.8. The summed E-state index contributed by atoms with van der Waals surface area (Å²) >= 11 is 0. The van der Waals surface area contributed by atoms with Gasteiger partial charge in [-0.2, -0.15) is 0 Å². The van der Waals surface area contributed by atoms with Crippen molar-refractivity contribution in [1.82, 2.24) is 20.3 Å². The maximum Gasteiger partial charge on any atom is 0.416 e. The van der Waals surface area contributed by atoms with Crippen molar-refractivity contribution in [1.29, 1.82) is 0 Å². The summed E-state index contributed by atoms with van der Waals surface area (Å²) in [6.45, 7) is 9.57. The molecule has 4 heterocycles. The molecule has 226 valence electrons. The largest absolute Gasteiger partial charge is 0.465 e. The number of aromatic nitrogens is 3. The van der Waals surface area contributed by atoms with Gasteiger partial charge in [-0.05, 0) is 62.6 Å². The summed E-state index contributed by atoms with van der Waals surface area (Å²) in [5.41, 5.74) is 2.09. The predicted octanol–water partition coefficient (Wildman–Crippen LogP) is 3.75. The molecule has 2 aliphatic heterocycles. The highest BCUT2D eigenvalue weighted by atomic mass is 28.3. The van der Waals surface area contributed by atoms with Crippen molar-refractivity contribution in [3.8, 4) is 5.88 Å². The predicted molar refractivity (Wildman–Crippen MR) is 156 cm³/mol. The van der Waals surface area contributed by atoms with Crippen LogP contribution in [0.15, 0.2) is 12.4 Å². The van der Waals surface area contributed by atoms with Crippen LogP contribution in [0.1, 0.15) is 42.5 Å². The minimum Gasteiger partial charge on any atom is -0.465 e. The van der Waals surface area contributed by atoms with Gasteiger partial charge in [0.25, 0.3) is 11.8 Å². The molecule has 2 fully saturated rings. The molecule has 1 atom stereocenters. The minimum absolute atomic E-state index is 0.0510. The van der Waals surface area contributed by atoms with Crippen molar-refractivity contribution in [2.75, 3.05) is 36.3 Å². The number of carbonyl (C=O) groups excluding carboxylic acids is 2. The van der Waals surface area contributed by atoms with Crippen LogP contribution in [-0.2, 0) is 27.1 Å². The van der Waals surface area contributed by atoms with Crippen LogP contribution in [0.3, 0.4) is 0 Å². The second kappa shape index (κ2) is 11.2. The number of nitrogens with one attached hydrogen (secondary N) is 1. The highest BCUT2D eigenvalue weighted by Crippen LogP contribution is 2.40. The molecule has 1 saturated heterocycles. The van der Waals surface area contributed by atoms with E-state index < -0.39 is 19.8 Å². The monoisotopic (exact) mass is 598 g/mol. The summed E-state index contributed by atoms with van der Waals surface area (Å²) in [6, 6.07) is 1.42. The number of anilines is 2. The zero-order valence-electron chi connectivity index (χ0n) is 24.7. The Morgan fingerprint density at radius 1 is 1.12 bits per heavy atom. The van der Waals surface area contributed by atoms with Crippen molar-refractivity contribution in [3.05, 3.63) is 35.0 Å². The van der Waals surface area contributed by atoms with Crippen molar-refractivity contribution < 1.29 is 28.2 Å². The van der Waals surface area contributed by atoms with Gasteiger partial charge in [-0.15, -0.1) is 0 Å². The molecule has 0 radical (unpaired) electrons. The van der Waals surface area contributed by atoms with Crippen LogP contribution >= 0.6 is 0 Å². The lowest BCUT2D eigenvalue weighted by Crippen LogP contribution is -2.47. The van der Waals surface area contributed by atoms with Crippen LogP contribution in [0.2, 0.25) is 25.7 Å². The fourth-order valence-electron chi connectivity index (χ4n) is 6.31. The number of hydrogen-bond donors (Lipinski definition) is 1. The molecule has 2 amide bonds. The zero-order valence-corrected chi connectivity index (χ0v) is 25.7. The first-order valence-electron chi connectivity index (χ1n) is 14.8. The lowest BCUT2D eigenvalue weighted by Gasteiger charge is -2.36. The molecule has 4 aliphatic rings. The molecule has 1 spiro atoms. The molecule has 0 bridgehead atoms. The van der Waals surface area contributed by atoms with E-state index in [1.54, 1.807) is 0 Å². The van der Waals surface area contributed by atoms with E-state index in [1.807, 2.05) is 6.92 Å². The number of aryl methyl sites for hydroxylation is 1. The smallest absolute Gasteiger partial charge is 0.416 e. The Morgan fingerprint density at radius 3 is 2.62 bits per heavy atom. The normalized spacial score (nSPS) is 25.5. The van der Waals surface area contributed by atoms with Crippen LogP contribution in [0.5, 0.6) is 5.88 Å². The average molecular weight is 599 g/mol. The lowest BCUT2D eigenvalue weighted by atomic mass is 9.81. The van der Waals surface area contributed by atoms with Gasteiger partial charge in [0.2, 0.25) is 5.82 Å². The lowest BCUT2D eigenvalue weighted by molar-refractivity contribution is -0.122. The van der Waals surface area contributed by atoms with Crippen LogP contribution in [0, 0.1) is 12.7 Å². The maximum absolute atomic E-state index is 14.3. The number of carbonyl (C=O) groups is 2. The molecule has 42 heavy (non-hydrogen) atoms. The van der Waals surface area contributed by atoms with Crippen LogP contribution < -0.4 is 19.9 Å². The first-order valence-corrected chi connectivity index (χ1v) is 18.5. The minimum atomic E-state index is -1.28. The Kier molecular flexibility index (Phi) is 7.69. The highest BCUT2D eigenvalue weighted by molar-refractivity contribution is 6.76. The Bertz CT molecular complexity index is 1350. The van der Waals surface area contributed by atoms with E-state index in [0.717, 1.165) is 42.1 Å². The third-order valence-electron chi connectivity index (χ3n) is 8.79. The van der Waals surface area contributed by atoms with E-state index in [2.05, 4.69) is 39.9 Å². The van der Waals surface area contributed by atoms with Gasteiger partial charge < -0.3 is 19.5 Å². The molecule has 1 N–H and O–H groups in total. The van der Waals surface area contributed by atoms with E-state index in [4.69, 9.17) is 14.2 Å². The van der Waals surface area contributed by atoms with Gasteiger partial charge in [-0.25, -0.2) is 19.2 Å². The number of nitrogens with zero attached hydrogens (tertiary/aromatic N) is 5. The third-order valence-corrected chi connectivity index (χ3v) is 10.5. The average Bonchev–Trinajstić information content (AvgIpc) is 3.52. The number of ether oxygens (including phenoxy) is 3. The molecule has 1 saturated carbocycles. The van der Waals surface area contributed by atoms with Gasteiger partial charge in [0.1, 0.15) is 18.1 Å². The van der Waals surface area contributed by atoms with Gasteiger partial charge in [-0.3, -0.25) is 19.6 Å². The Balaban J connectivity index is 1.07. The maximum atomic E-state index is 14.3. The zero-order chi connectivity index (χ0) is 29.6. The van der Waals surface area contributed by atoms with Crippen molar-refractivity contribution in [2.45, 2.75) is 88.8 Å². The summed E-state index contributed by atoms with van der Waals surface area (Å²) in [5.74, 6) is 0.307. The van der Waals surface area contributed by atoms with Gasteiger partial charge in [0, 0.05) is 32.5 Å². The molecule has 0 aromatic carbocycles. The molecule has 2 aliphatic carbocycles. The van der Waals surface area contributed by atoms with Crippen LogP contribution in [-0.4, -0.2) is 79.2 Å². The Morgan fingerprint density at radius 2 is 1.88 bits per heavy atom. The fraction of sp³-hybridized carbons (Fsp3) is 0.621. The number of pyridine rings is 1. The second-order valence-electron chi connectivity index (χ2n) is 13.1. The Hall–Kier alpha value is -3.16. The molecule has 2 aromatic rings. The summed E-state index contributed by atoms with van der Waals surface area (Å²) in [4.78, 5) is 41.8. The molecule has 13 heteroatoms. The Labute approximate surface area is 246 Å². The number of hydrogen-bond acceptors (Lipinski definition) is 9. The first-order chi connectivity index (χ1) is 20.0. The van der Waals surface area contributed by atoms with E-state index in [9.17, 15) is 14.0 Å². The summed E-state index contributed by atoms with van der Waals surface area (Å²) in [6.07, 6.45) is 6.87. The molecule has 6 rings (SSSR count). The SMILES string of the molecule is Cc1ncc(F)c2c1CC(N[C@H]1CC[C@]3(CC1)CN(c1cnc4c(n1)N(COCC[Si](C)(C)C)C(=O)CO4)C(=O)O3)C2. The summed E-state index contributed by atoms with van der Waals surface area (Å²) < 4.78 is 31.6. The van der Waals surface area contributed by atoms with E-state index >= 15 is 0 Å². The van der Waals surface area contributed by atoms with E-state index in [-0.39, 0.29) is 48.8 Å². The van der Waals surface area contributed by atoms with Gasteiger partial charge in [-0.1, -0.05) is 19.6 Å². The summed E-state index contributed by atoms with van der Waals surface area (Å²) in [5, 5.41) is 3.72. The van der Waals surface area contributed by atoms with Crippen molar-refractivity contribution in [3.63, 3.8) is 0 Å². The summed E-state index contributed by atoms with van der Waals surface area (Å²) in [7, 11) is -1.28. The number of fused-ring (bicyclic) bond motifs is 2. The fourth-order valence-corrected chi connectivity index (χ4v) is 7.07. The third kappa shape index (κ3) is 5.86. The van der Waals surface area contributed by atoms with Gasteiger partial charge >= 0.3 is 6.09 Å². The highest BCUT2D eigenvalue weighted by Gasteiger charge is 2.49.